The van der Waals surface area contributed by atoms with Crippen molar-refractivity contribution in [1.29, 1.82) is 0 Å². The molecule has 1 nitrogen and oxygen atoms in total. The Balaban J connectivity index is 3.08. The molecule has 0 unspecified atom stereocenters. The number of rotatable bonds is 1. The zero-order chi connectivity index (χ0) is 11.7. The van der Waals surface area contributed by atoms with Crippen LogP contribution in [-0.2, 0) is 5.41 Å². The van der Waals surface area contributed by atoms with E-state index in [0.717, 1.165) is 0 Å². The fourth-order valence-corrected chi connectivity index (χ4v) is 2.67. The second kappa shape index (κ2) is 4.17. The van der Waals surface area contributed by atoms with Crippen LogP contribution < -0.4 is 0 Å². The van der Waals surface area contributed by atoms with E-state index in [1.54, 1.807) is 0 Å². The van der Waals surface area contributed by atoms with Crippen LogP contribution in [0.15, 0.2) is 23.4 Å². The lowest BCUT2D eigenvalue weighted by Gasteiger charge is -2.25. The maximum Gasteiger partial charge on any atom is 0.0407 e. The van der Waals surface area contributed by atoms with E-state index < -0.39 is 0 Å². The Hall–Kier alpha value is -0.500. The number of aromatic nitrogens is 1. The van der Waals surface area contributed by atoms with Gasteiger partial charge in [-0.15, -0.1) is 11.8 Å². The standard InChI is InChI=1S/C13H21NS/c1-12(2,3)10-7-8-14-9-11(10)15-13(4,5)6/h7-9H,1-6H3. The van der Waals surface area contributed by atoms with Gasteiger partial charge in [0.25, 0.3) is 0 Å². The summed E-state index contributed by atoms with van der Waals surface area (Å²) in [5, 5.41) is 0. The third-order valence-electron chi connectivity index (χ3n) is 2.01. The molecule has 0 aliphatic rings. The molecule has 1 rings (SSSR count). The molecule has 0 spiro atoms. The number of thioether (sulfide) groups is 1. The van der Waals surface area contributed by atoms with Gasteiger partial charge in [0.1, 0.15) is 0 Å². The quantitative estimate of drug-likeness (QED) is 0.659. The summed E-state index contributed by atoms with van der Waals surface area (Å²) in [6, 6.07) is 2.13. The van der Waals surface area contributed by atoms with Crippen molar-refractivity contribution in [2.75, 3.05) is 0 Å². The van der Waals surface area contributed by atoms with Crippen LogP contribution >= 0.6 is 11.8 Å². The van der Waals surface area contributed by atoms with Crippen molar-refractivity contribution in [1.82, 2.24) is 4.98 Å². The van der Waals surface area contributed by atoms with Crippen LogP contribution in [0.1, 0.15) is 47.1 Å². The lowest BCUT2D eigenvalue weighted by molar-refractivity contribution is 0.575. The average Bonchev–Trinajstić information content (AvgIpc) is 1.99. The van der Waals surface area contributed by atoms with E-state index in [1.807, 2.05) is 24.2 Å². The van der Waals surface area contributed by atoms with Crippen molar-refractivity contribution in [3.63, 3.8) is 0 Å². The first kappa shape index (κ1) is 12.6. The van der Waals surface area contributed by atoms with Gasteiger partial charge in [-0.25, -0.2) is 0 Å². The molecular weight excluding hydrogens is 202 g/mol. The Labute approximate surface area is 97.7 Å². The fraction of sp³-hybridized carbons (Fsp3) is 0.615. The number of nitrogens with zero attached hydrogens (tertiary/aromatic N) is 1. The van der Waals surface area contributed by atoms with Crippen molar-refractivity contribution < 1.29 is 0 Å². The topological polar surface area (TPSA) is 12.9 Å². The lowest BCUT2D eigenvalue weighted by atomic mass is 9.88. The van der Waals surface area contributed by atoms with Crippen LogP contribution in [0.4, 0.5) is 0 Å². The minimum Gasteiger partial charge on any atom is -0.264 e. The zero-order valence-electron chi connectivity index (χ0n) is 10.6. The first-order valence-corrected chi connectivity index (χ1v) is 6.15. The predicted octanol–water partition coefficient (Wildman–Crippen LogP) is 4.27. The summed E-state index contributed by atoms with van der Waals surface area (Å²) >= 11 is 1.89. The lowest BCUT2D eigenvalue weighted by Crippen LogP contribution is -2.15. The van der Waals surface area contributed by atoms with Crippen LogP contribution in [0.3, 0.4) is 0 Å². The molecule has 0 radical (unpaired) electrons. The van der Waals surface area contributed by atoms with E-state index in [0.29, 0.717) is 0 Å². The maximum atomic E-state index is 4.22. The zero-order valence-corrected chi connectivity index (χ0v) is 11.4. The highest BCUT2D eigenvalue weighted by Gasteiger charge is 2.21. The van der Waals surface area contributed by atoms with Gasteiger partial charge in [-0.3, -0.25) is 4.98 Å². The monoisotopic (exact) mass is 223 g/mol. The number of hydrogen-bond donors (Lipinski definition) is 0. The first-order chi connectivity index (χ1) is 6.70. The summed E-state index contributed by atoms with van der Waals surface area (Å²) in [4.78, 5) is 5.53. The Morgan fingerprint density at radius 2 is 1.67 bits per heavy atom. The molecule has 0 amide bonds. The molecule has 1 heterocycles. The van der Waals surface area contributed by atoms with Gasteiger partial charge in [-0.1, -0.05) is 41.5 Å². The van der Waals surface area contributed by atoms with Crippen molar-refractivity contribution in [2.24, 2.45) is 0 Å². The molecule has 0 N–H and O–H groups in total. The predicted molar refractivity (Wildman–Crippen MR) is 68.5 cm³/mol. The summed E-state index contributed by atoms with van der Waals surface area (Å²) in [6.07, 6.45) is 3.86. The molecule has 15 heavy (non-hydrogen) atoms. The molecule has 84 valence electrons. The third kappa shape index (κ3) is 3.86. The highest BCUT2D eigenvalue weighted by molar-refractivity contribution is 8.00. The van der Waals surface area contributed by atoms with E-state index in [9.17, 15) is 0 Å². The average molecular weight is 223 g/mol. The molecule has 0 saturated heterocycles. The summed E-state index contributed by atoms with van der Waals surface area (Å²) in [5.41, 5.74) is 1.58. The molecule has 0 aliphatic heterocycles. The maximum absolute atomic E-state index is 4.22. The van der Waals surface area contributed by atoms with Crippen molar-refractivity contribution in [2.45, 2.75) is 56.6 Å². The van der Waals surface area contributed by atoms with Crippen LogP contribution in [-0.4, -0.2) is 9.73 Å². The minimum absolute atomic E-state index is 0.191. The van der Waals surface area contributed by atoms with Gasteiger partial charge in [-0.2, -0.15) is 0 Å². The van der Waals surface area contributed by atoms with Gasteiger partial charge in [0.15, 0.2) is 0 Å². The molecule has 2 heteroatoms. The van der Waals surface area contributed by atoms with Gasteiger partial charge in [0.05, 0.1) is 0 Å². The summed E-state index contributed by atoms with van der Waals surface area (Å²) in [5.74, 6) is 0. The Bertz CT molecular complexity index is 331. The Kier molecular flexibility index (Phi) is 3.49. The third-order valence-corrected chi connectivity index (χ3v) is 3.17. The van der Waals surface area contributed by atoms with Gasteiger partial charge in [0.2, 0.25) is 0 Å². The summed E-state index contributed by atoms with van der Waals surface area (Å²) in [7, 11) is 0. The van der Waals surface area contributed by atoms with E-state index in [2.05, 4.69) is 52.6 Å². The van der Waals surface area contributed by atoms with Gasteiger partial charge in [0, 0.05) is 22.0 Å². The van der Waals surface area contributed by atoms with Crippen LogP contribution in [0.2, 0.25) is 0 Å². The van der Waals surface area contributed by atoms with Gasteiger partial charge >= 0.3 is 0 Å². The number of hydrogen-bond acceptors (Lipinski definition) is 2. The largest absolute Gasteiger partial charge is 0.264 e. The second-order valence-electron chi connectivity index (χ2n) is 5.84. The number of pyridine rings is 1. The van der Waals surface area contributed by atoms with Crippen LogP contribution in [0, 0.1) is 0 Å². The SMILES string of the molecule is CC(C)(C)Sc1cnccc1C(C)(C)C. The molecule has 0 aliphatic carbocycles. The van der Waals surface area contributed by atoms with E-state index in [4.69, 9.17) is 0 Å². The normalized spacial score (nSPS) is 12.9. The molecule has 0 saturated carbocycles. The van der Waals surface area contributed by atoms with E-state index in [-0.39, 0.29) is 10.2 Å². The van der Waals surface area contributed by atoms with E-state index in [1.165, 1.54) is 10.5 Å². The molecular formula is C13H21NS. The first-order valence-electron chi connectivity index (χ1n) is 5.34. The molecule has 1 aromatic rings. The van der Waals surface area contributed by atoms with Crippen LogP contribution in [0.5, 0.6) is 0 Å². The highest BCUT2D eigenvalue weighted by Crippen LogP contribution is 2.37. The summed E-state index contributed by atoms with van der Waals surface area (Å²) in [6.45, 7) is 13.4. The fourth-order valence-electron chi connectivity index (χ4n) is 1.41. The Morgan fingerprint density at radius 1 is 1.07 bits per heavy atom. The van der Waals surface area contributed by atoms with Gasteiger partial charge in [-0.05, 0) is 17.0 Å². The van der Waals surface area contributed by atoms with Crippen molar-refractivity contribution in [3.05, 3.63) is 24.0 Å². The van der Waals surface area contributed by atoms with Crippen molar-refractivity contribution in [3.8, 4) is 0 Å². The van der Waals surface area contributed by atoms with Gasteiger partial charge < -0.3 is 0 Å². The van der Waals surface area contributed by atoms with E-state index >= 15 is 0 Å². The molecule has 0 aromatic carbocycles. The van der Waals surface area contributed by atoms with Crippen molar-refractivity contribution >= 4 is 11.8 Å². The highest BCUT2D eigenvalue weighted by atomic mass is 32.2. The molecule has 0 bridgehead atoms. The smallest absolute Gasteiger partial charge is 0.0407 e. The Morgan fingerprint density at radius 3 is 2.13 bits per heavy atom. The molecule has 0 atom stereocenters. The summed E-state index contributed by atoms with van der Waals surface area (Å²) < 4.78 is 0.239. The van der Waals surface area contributed by atoms with Crippen LogP contribution in [0.25, 0.3) is 0 Å². The minimum atomic E-state index is 0.191. The molecule has 0 fully saturated rings. The second-order valence-corrected chi connectivity index (χ2v) is 7.70. The molecule has 1 aromatic heterocycles.